The summed E-state index contributed by atoms with van der Waals surface area (Å²) in [5.41, 5.74) is 0. The molecule has 0 radical (unpaired) electrons. The molecule has 1 atom stereocenters. The topological polar surface area (TPSA) is 20.3 Å². The monoisotopic (exact) mass is 147 g/mol. The number of alkyl halides is 1. The molecule has 0 bridgehead atoms. The number of halogens is 1. The summed E-state index contributed by atoms with van der Waals surface area (Å²) >= 11 is 5.57. The van der Waals surface area contributed by atoms with Crippen LogP contribution >= 0.6 is 11.6 Å². The third kappa shape index (κ3) is 1.18. The van der Waals surface area contributed by atoms with Crippen LogP contribution in [0.5, 0.6) is 0 Å². The van der Waals surface area contributed by atoms with Crippen LogP contribution in [0.4, 0.5) is 0 Å². The number of hydrogen-bond donors (Lipinski definition) is 0. The highest BCUT2D eigenvalue weighted by Crippen LogP contribution is 2.16. The minimum Gasteiger partial charge on any atom is -0.342 e. The number of likely N-dealkylation sites (tertiary alicyclic amines) is 1. The predicted octanol–water partition coefficient (Wildman–Crippen LogP) is 0.846. The molecule has 1 aliphatic rings. The second kappa shape index (κ2) is 2.56. The van der Waals surface area contributed by atoms with Gasteiger partial charge in [-0.3, -0.25) is 4.79 Å². The lowest BCUT2D eigenvalue weighted by Crippen LogP contribution is -2.29. The highest BCUT2D eigenvalue weighted by atomic mass is 35.5. The SMILES string of the molecule is CN1C(=O)CCC1CCl. The third-order valence-electron chi connectivity index (χ3n) is 1.81. The fourth-order valence-electron chi connectivity index (χ4n) is 1.04. The Balaban J connectivity index is 2.51. The van der Waals surface area contributed by atoms with Crippen LogP contribution in [0.2, 0.25) is 0 Å². The lowest BCUT2D eigenvalue weighted by atomic mass is 10.2. The van der Waals surface area contributed by atoms with Gasteiger partial charge in [0.15, 0.2) is 0 Å². The highest BCUT2D eigenvalue weighted by Gasteiger charge is 2.26. The Kier molecular flexibility index (Phi) is 1.96. The van der Waals surface area contributed by atoms with Gasteiger partial charge in [-0.2, -0.15) is 0 Å². The zero-order valence-corrected chi connectivity index (χ0v) is 6.19. The largest absolute Gasteiger partial charge is 0.342 e. The van der Waals surface area contributed by atoms with E-state index < -0.39 is 0 Å². The summed E-state index contributed by atoms with van der Waals surface area (Å²) in [5.74, 6) is 0.794. The van der Waals surface area contributed by atoms with Crippen LogP contribution in [0.25, 0.3) is 0 Å². The molecule has 9 heavy (non-hydrogen) atoms. The van der Waals surface area contributed by atoms with Gasteiger partial charge in [0.2, 0.25) is 5.91 Å². The minimum absolute atomic E-state index is 0.223. The molecule has 1 amide bonds. The molecule has 3 heteroatoms. The van der Waals surface area contributed by atoms with Gasteiger partial charge in [-0.15, -0.1) is 11.6 Å². The van der Waals surface area contributed by atoms with Gasteiger partial charge in [0.05, 0.1) is 0 Å². The second-order valence-corrected chi connectivity index (χ2v) is 2.66. The van der Waals surface area contributed by atoms with Gasteiger partial charge in [-0.25, -0.2) is 0 Å². The first-order valence-corrected chi connectivity index (χ1v) is 3.60. The molecule has 0 N–H and O–H groups in total. The van der Waals surface area contributed by atoms with Gasteiger partial charge in [0.1, 0.15) is 0 Å². The number of carbonyl (C=O) groups is 1. The van der Waals surface area contributed by atoms with E-state index in [0.29, 0.717) is 18.3 Å². The van der Waals surface area contributed by atoms with Crippen LogP contribution in [0.15, 0.2) is 0 Å². The lowest BCUT2D eigenvalue weighted by Gasteiger charge is -2.15. The summed E-state index contributed by atoms with van der Waals surface area (Å²) in [7, 11) is 1.81. The van der Waals surface area contributed by atoms with Gasteiger partial charge in [-0.1, -0.05) is 0 Å². The Morgan fingerprint density at radius 1 is 1.89 bits per heavy atom. The molecule has 0 aromatic rings. The molecule has 1 heterocycles. The molecule has 1 aliphatic heterocycles. The fourth-order valence-corrected chi connectivity index (χ4v) is 1.41. The molecule has 0 aromatic carbocycles. The van der Waals surface area contributed by atoms with Gasteiger partial charge >= 0.3 is 0 Å². The zero-order valence-electron chi connectivity index (χ0n) is 5.43. The van der Waals surface area contributed by atoms with Gasteiger partial charge in [0, 0.05) is 25.4 Å². The molecule has 52 valence electrons. The predicted molar refractivity (Wildman–Crippen MR) is 36.5 cm³/mol. The van der Waals surface area contributed by atoms with Gasteiger partial charge in [-0.05, 0) is 6.42 Å². The number of rotatable bonds is 1. The molecular formula is C6H10ClNO. The molecule has 1 fully saturated rings. The summed E-state index contributed by atoms with van der Waals surface area (Å²) in [4.78, 5) is 12.5. The van der Waals surface area contributed by atoms with Gasteiger partial charge < -0.3 is 4.90 Å². The van der Waals surface area contributed by atoms with Crippen molar-refractivity contribution in [3.05, 3.63) is 0 Å². The summed E-state index contributed by atoms with van der Waals surface area (Å²) < 4.78 is 0. The van der Waals surface area contributed by atoms with Crippen molar-refractivity contribution >= 4 is 17.5 Å². The van der Waals surface area contributed by atoms with Crippen LogP contribution < -0.4 is 0 Å². The zero-order chi connectivity index (χ0) is 6.85. The Bertz CT molecular complexity index is 126. The van der Waals surface area contributed by atoms with Crippen LogP contribution in [-0.2, 0) is 4.79 Å². The van der Waals surface area contributed by atoms with Crippen molar-refractivity contribution in [1.82, 2.24) is 4.90 Å². The summed E-state index contributed by atoms with van der Waals surface area (Å²) in [6.45, 7) is 0. The molecule has 0 spiro atoms. The molecule has 0 saturated carbocycles. The van der Waals surface area contributed by atoms with E-state index in [9.17, 15) is 4.79 Å². The average Bonchev–Trinajstić information content (AvgIpc) is 2.15. The maximum absolute atomic E-state index is 10.8. The smallest absolute Gasteiger partial charge is 0.222 e. The Labute approximate surface area is 59.8 Å². The summed E-state index contributed by atoms with van der Waals surface area (Å²) in [5, 5.41) is 0. The van der Waals surface area contributed by atoms with Crippen molar-refractivity contribution in [2.24, 2.45) is 0 Å². The normalized spacial score (nSPS) is 27.6. The van der Waals surface area contributed by atoms with Crippen molar-refractivity contribution < 1.29 is 4.79 Å². The molecular weight excluding hydrogens is 138 g/mol. The van der Waals surface area contributed by atoms with E-state index >= 15 is 0 Å². The average molecular weight is 148 g/mol. The van der Waals surface area contributed by atoms with Crippen LogP contribution in [0.1, 0.15) is 12.8 Å². The fraction of sp³-hybridized carbons (Fsp3) is 0.833. The molecule has 1 unspecified atom stereocenters. The van der Waals surface area contributed by atoms with Crippen molar-refractivity contribution in [2.45, 2.75) is 18.9 Å². The van der Waals surface area contributed by atoms with Crippen molar-refractivity contribution in [2.75, 3.05) is 12.9 Å². The van der Waals surface area contributed by atoms with Crippen molar-refractivity contribution in [3.8, 4) is 0 Å². The Morgan fingerprint density at radius 2 is 2.56 bits per heavy atom. The molecule has 2 nitrogen and oxygen atoms in total. The third-order valence-corrected chi connectivity index (χ3v) is 2.17. The lowest BCUT2D eigenvalue weighted by molar-refractivity contribution is -0.127. The Morgan fingerprint density at radius 3 is 2.78 bits per heavy atom. The van der Waals surface area contributed by atoms with Crippen molar-refractivity contribution in [3.63, 3.8) is 0 Å². The first kappa shape index (κ1) is 6.87. The molecule has 0 aromatic heterocycles. The van der Waals surface area contributed by atoms with Crippen LogP contribution in [-0.4, -0.2) is 29.8 Å². The standard InChI is InChI=1S/C6H10ClNO/c1-8-5(4-7)2-3-6(8)9/h5H,2-4H2,1H3. The molecule has 0 aliphatic carbocycles. The maximum atomic E-state index is 10.8. The van der Waals surface area contributed by atoms with E-state index in [1.807, 2.05) is 7.05 Å². The molecule has 1 rings (SSSR count). The van der Waals surface area contributed by atoms with Crippen molar-refractivity contribution in [1.29, 1.82) is 0 Å². The summed E-state index contributed by atoms with van der Waals surface area (Å²) in [6.07, 6.45) is 1.60. The first-order chi connectivity index (χ1) is 4.25. The first-order valence-electron chi connectivity index (χ1n) is 3.07. The van der Waals surface area contributed by atoms with Crippen LogP contribution in [0.3, 0.4) is 0 Å². The Hall–Kier alpha value is -0.240. The number of nitrogens with zero attached hydrogens (tertiary/aromatic N) is 1. The maximum Gasteiger partial charge on any atom is 0.222 e. The minimum atomic E-state index is 0.223. The van der Waals surface area contributed by atoms with Gasteiger partial charge in [0.25, 0.3) is 0 Å². The van der Waals surface area contributed by atoms with Crippen LogP contribution in [0, 0.1) is 0 Å². The second-order valence-electron chi connectivity index (χ2n) is 2.35. The highest BCUT2D eigenvalue weighted by molar-refractivity contribution is 6.18. The number of hydrogen-bond acceptors (Lipinski definition) is 1. The van der Waals surface area contributed by atoms with E-state index in [4.69, 9.17) is 11.6 Å². The number of amides is 1. The van der Waals surface area contributed by atoms with E-state index in [2.05, 4.69) is 0 Å². The van der Waals surface area contributed by atoms with E-state index in [1.54, 1.807) is 4.90 Å². The quantitative estimate of drug-likeness (QED) is 0.504. The van der Waals surface area contributed by atoms with E-state index in [0.717, 1.165) is 6.42 Å². The number of carbonyl (C=O) groups excluding carboxylic acids is 1. The molecule has 1 saturated heterocycles. The summed E-state index contributed by atoms with van der Waals surface area (Å²) in [6, 6.07) is 0.291. The van der Waals surface area contributed by atoms with E-state index in [1.165, 1.54) is 0 Å². The van der Waals surface area contributed by atoms with E-state index in [-0.39, 0.29) is 5.91 Å².